The number of piperidine rings is 1. The van der Waals surface area contributed by atoms with Crippen LogP contribution in [0.2, 0.25) is 0 Å². The Bertz CT molecular complexity index is 647. The number of hydrogen-bond acceptors (Lipinski definition) is 3. The first-order chi connectivity index (χ1) is 11.3. The molecule has 1 unspecified atom stereocenters. The van der Waals surface area contributed by atoms with Gasteiger partial charge in [-0.2, -0.15) is 0 Å². The number of phenolic OH excluding ortho intramolecular Hbond substituents is 1. The van der Waals surface area contributed by atoms with Crippen LogP contribution >= 0.6 is 12.4 Å². The van der Waals surface area contributed by atoms with Gasteiger partial charge in [-0.25, -0.2) is 0 Å². The minimum atomic E-state index is 0. The third-order valence-electron chi connectivity index (χ3n) is 7.05. The number of benzene rings is 1. The Morgan fingerprint density at radius 3 is 2.72 bits per heavy atom. The van der Waals surface area contributed by atoms with Gasteiger partial charge in [-0.05, 0) is 68.0 Å². The van der Waals surface area contributed by atoms with Crippen LogP contribution in [0.15, 0.2) is 18.2 Å². The molecule has 0 spiro atoms. The first-order valence-corrected chi connectivity index (χ1v) is 9.36. The molecular formula is C21H32ClNO2. The van der Waals surface area contributed by atoms with Gasteiger partial charge in [-0.3, -0.25) is 4.79 Å². The van der Waals surface area contributed by atoms with Crippen molar-refractivity contribution < 1.29 is 9.90 Å². The first-order valence-electron chi connectivity index (χ1n) is 9.36. The molecule has 3 nitrogen and oxygen atoms in total. The molecule has 1 aliphatic heterocycles. The van der Waals surface area contributed by atoms with E-state index in [1.54, 1.807) is 0 Å². The maximum absolute atomic E-state index is 12.2. The van der Waals surface area contributed by atoms with Crippen LogP contribution in [-0.2, 0) is 16.6 Å². The predicted octanol–water partition coefficient (Wildman–Crippen LogP) is 4.49. The van der Waals surface area contributed by atoms with Crippen LogP contribution in [0.25, 0.3) is 0 Å². The summed E-state index contributed by atoms with van der Waals surface area (Å²) in [5.41, 5.74) is 2.74. The van der Waals surface area contributed by atoms with Crippen LogP contribution in [0.4, 0.5) is 0 Å². The molecule has 0 radical (unpaired) electrons. The molecule has 140 valence electrons. The molecule has 4 heteroatoms. The lowest BCUT2D eigenvalue weighted by atomic mass is 9.49. The van der Waals surface area contributed by atoms with E-state index in [0.717, 1.165) is 32.2 Å². The molecule has 0 amide bonds. The van der Waals surface area contributed by atoms with E-state index in [1.807, 2.05) is 12.1 Å². The molecule has 2 bridgehead atoms. The van der Waals surface area contributed by atoms with Gasteiger partial charge >= 0.3 is 0 Å². The number of ketones is 1. The summed E-state index contributed by atoms with van der Waals surface area (Å²) in [6.07, 6.45) is 5.34. The van der Waals surface area contributed by atoms with E-state index in [9.17, 15) is 9.90 Å². The fourth-order valence-corrected chi connectivity index (χ4v) is 5.23. The Morgan fingerprint density at radius 2 is 2.04 bits per heavy atom. The molecule has 3 rings (SSSR count). The minimum absolute atomic E-state index is 0. The highest BCUT2D eigenvalue weighted by atomic mass is 35.5. The van der Waals surface area contributed by atoms with Crippen molar-refractivity contribution in [1.82, 2.24) is 4.90 Å². The number of carbonyl (C=O) groups excluding carboxylic acids is 1. The highest BCUT2D eigenvalue weighted by Gasteiger charge is 2.57. The van der Waals surface area contributed by atoms with Crippen LogP contribution in [0.5, 0.6) is 5.75 Å². The van der Waals surface area contributed by atoms with E-state index in [1.165, 1.54) is 11.1 Å². The molecule has 25 heavy (non-hydrogen) atoms. The molecular weight excluding hydrogens is 334 g/mol. The molecule has 3 atom stereocenters. The van der Waals surface area contributed by atoms with Crippen molar-refractivity contribution in [2.75, 3.05) is 13.6 Å². The van der Waals surface area contributed by atoms with Crippen LogP contribution < -0.4 is 0 Å². The zero-order valence-electron chi connectivity index (χ0n) is 16.0. The van der Waals surface area contributed by atoms with Crippen molar-refractivity contribution in [3.05, 3.63) is 29.3 Å². The number of rotatable bonds is 5. The molecule has 1 aliphatic carbocycles. The number of likely N-dealkylation sites (tertiary alicyclic amines) is 1. The Balaban J connectivity index is 0.00000225. The molecule has 1 saturated heterocycles. The highest BCUT2D eigenvalue weighted by Crippen LogP contribution is 2.58. The summed E-state index contributed by atoms with van der Waals surface area (Å²) in [5.74, 6) is 0.751. The summed E-state index contributed by atoms with van der Waals surface area (Å²) < 4.78 is 0. The van der Waals surface area contributed by atoms with Crippen molar-refractivity contribution in [1.29, 1.82) is 0 Å². The Hall–Kier alpha value is -1.06. The van der Waals surface area contributed by atoms with Crippen LogP contribution in [0.1, 0.15) is 64.0 Å². The summed E-state index contributed by atoms with van der Waals surface area (Å²) in [5, 5.41) is 10.0. The smallest absolute Gasteiger partial charge is 0.132 e. The number of likely N-dealkylation sites (N-methyl/N-ethyl adjacent to an activating group) is 1. The number of fused-ring (bicyclic) bond motifs is 4. The highest BCUT2D eigenvalue weighted by molar-refractivity contribution is 5.85. The lowest BCUT2D eigenvalue weighted by Crippen LogP contribution is -2.64. The number of carbonyl (C=O) groups is 1. The van der Waals surface area contributed by atoms with E-state index >= 15 is 0 Å². The predicted molar refractivity (Wildman–Crippen MR) is 105 cm³/mol. The van der Waals surface area contributed by atoms with Gasteiger partial charge in [0.15, 0.2) is 0 Å². The zero-order valence-corrected chi connectivity index (χ0v) is 16.8. The van der Waals surface area contributed by atoms with Crippen LogP contribution in [0, 0.1) is 5.41 Å². The second-order valence-electron chi connectivity index (χ2n) is 8.33. The first kappa shape index (κ1) is 20.3. The molecule has 0 aromatic heterocycles. The maximum atomic E-state index is 12.2. The normalized spacial score (nSPS) is 31.1. The molecule has 0 saturated carbocycles. The number of phenols is 1. The molecule has 1 heterocycles. The fraction of sp³-hybridized carbons (Fsp3) is 0.667. The van der Waals surface area contributed by atoms with Gasteiger partial charge in [-0.15, -0.1) is 12.4 Å². The van der Waals surface area contributed by atoms with E-state index in [-0.39, 0.29) is 23.2 Å². The Morgan fingerprint density at radius 1 is 1.32 bits per heavy atom. The fourth-order valence-electron chi connectivity index (χ4n) is 5.23. The van der Waals surface area contributed by atoms with Crippen molar-refractivity contribution in [2.45, 2.75) is 70.8 Å². The lowest BCUT2D eigenvalue weighted by Gasteiger charge is -2.62. The Kier molecular flexibility index (Phi) is 5.90. The monoisotopic (exact) mass is 365 g/mol. The van der Waals surface area contributed by atoms with E-state index < -0.39 is 0 Å². The molecule has 1 aromatic rings. The molecule has 2 aliphatic rings. The summed E-state index contributed by atoms with van der Waals surface area (Å²) in [7, 11) is 2.22. The minimum Gasteiger partial charge on any atom is -0.508 e. The van der Waals surface area contributed by atoms with E-state index in [0.29, 0.717) is 30.4 Å². The molecule has 1 fully saturated rings. The number of aromatic hydroxyl groups is 1. The summed E-state index contributed by atoms with van der Waals surface area (Å²) in [6, 6.07) is 6.34. The standard InChI is InChI=1S/C21H31NO2.ClH/c1-5-6-16(23)9-10-21(3)19-13-15-7-8-17(24)14-18(15)20(21,2)11-12-22(19)4;/h7-8,14,19,24H,5-6,9-13H2,1-4H3;1H/t19?,20-,21-;/m1./s1. The average Bonchev–Trinajstić information content (AvgIpc) is 2.54. The topological polar surface area (TPSA) is 40.5 Å². The van der Waals surface area contributed by atoms with Gasteiger partial charge in [0, 0.05) is 24.3 Å². The van der Waals surface area contributed by atoms with Gasteiger partial charge in [0.1, 0.15) is 11.5 Å². The van der Waals surface area contributed by atoms with Gasteiger partial charge in [0.25, 0.3) is 0 Å². The summed E-state index contributed by atoms with van der Waals surface area (Å²) >= 11 is 0. The quantitative estimate of drug-likeness (QED) is 0.835. The van der Waals surface area contributed by atoms with Gasteiger partial charge in [0.2, 0.25) is 0 Å². The van der Waals surface area contributed by atoms with Crippen molar-refractivity contribution >= 4 is 18.2 Å². The third-order valence-corrected chi connectivity index (χ3v) is 7.05. The second-order valence-corrected chi connectivity index (χ2v) is 8.33. The molecule has 1 N–H and O–H groups in total. The number of hydrogen-bond donors (Lipinski definition) is 1. The number of Topliss-reactive ketones (excluding diaryl/α,β-unsaturated/α-hetero) is 1. The third kappa shape index (κ3) is 3.21. The van der Waals surface area contributed by atoms with Crippen molar-refractivity contribution in [3.63, 3.8) is 0 Å². The van der Waals surface area contributed by atoms with E-state index in [4.69, 9.17) is 0 Å². The van der Waals surface area contributed by atoms with Gasteiger partial charge in [0.05, 0.1) is 0 Å². The number of nitrogens with zero attached hydrogens (tertiary/aromatic N) is 1. The number of halogens is 1. The van der Waals surface area contributed by atoms with Crippen LogP contribution in [-0.4, -0.2) is 35.4 Å². The zero-order chi connectivity index (χ0) is 17.5. The molecule has 1 aromatic carbocycles. The van der Waals surface area contributed by atoms with Crippen molar-refractivity contribution in [2.24, 2.45) is 5.41 Å². The maximum Gasteiger partial charge on any atom is 0.132 e. The average molecular weight is 366 g/mol. The Labute approximate surface area is 158 Å². The van der Waals surface area contributed by atoms with E-state index in [2.05, 4.69) is 38.8 Å². The van der Waals surface area contributed by atoms with Gasteiger partial charge < -0.3 is 10.0 Å². The summed E-state index contributed by atoms with van der Waals surface area (Å²) in [4.78, 5) is 14.7. The second kappa shape index (κ2) is 7.28. The largest absolute Gasteiger partial charge is 0.508 e. The van der Waals surface area contributed by atoms with Gasteiger partial charge in [-0.1, -0.05) is 26.8 Å². The lowest BCUT2D eigenvalue weighted by molar-refractivity contribution is -0.121. The summed E-state index contributed by atoms with van der Waals surface area (Å²) in [6.45, 7) is 7.88. The van der Waals surface area contributed by atoms with Crippen molar-refractivity contribution in [3.8, 4) is 5.75 Å². The SMILES string of the molecule is CCCC(=O)CC[C@]1(C)C2Cc3ccc(O)cc3[C@@]1(C)CCN2C.Cl. The van der Waals surface area contributed by atoms with Crippen LogP contribution in [0.3, 0.4) is 0 Å².